The van der Waals surface area contributed by atoms with E-state index < -0.39 is 0 Å². The number of carbonyl (C=O) groups excluding carboxylic acids is 1. The van der Waals surface area contributed by atoms with Crippen LogP contribution in [0.1, 0.15) is 37.3 Å². The summed E-state index contributed by atoms with van der Waals surface area (Å²) in [6.45, 7) is 3.01. The molecule has 2 fully saturated rings. The van der Waals surface area contributed by atoms with Gasteiger partial charge in [0.2, 0.25) is 5.91 Å². The van der Waals surface area contributed by atoms with Gasteiger partial charge in [-0.25, -0.2) is 0 Å². The van der Waals surface area contributed by atoms with Crippen LogP contribution in [0.4, 0.5) is 0 Å². The van der Waals surface area contributed by atoms with Crippen molar-refractivity contribution in [3.63, 3.8) is 0 Å². The van der Waals surface area contributed by atoms with E-state index in [1.807, 2.05) is 12.1 Å². The number of piperidine rings is 1. The predicted molar refractivity (Wildman–Crippen MR) is 86.6 cm³/mol. The molecule has 0 aromatic heterocycles. The van der Waals surface area contributed by atoms with Crippen LogP contribution in [0.5, 0.6) is 11.5 Å². The maximum absolute atomic E-state index is 12.6. The molecule has 1 saturated carbocycles. The van der Waals surface area contributed by atoms with Crippen molar-refractivity contribution in [2.75, 3.05) is 26.3 Å². The monoisotopic (exact) mass is 316 g/mol. The molecule has 5 heteroatoms. The van der Waals surface area contributed by atoms with Gasteiger partial charge in [0, 0.05) is 6.54 Å². The summed E-state index contributed by atoms with van der Waals surface area (Å²) in [6, 6.07) is 6.17. The molecule has 0 spiro atoms. The number of ether oxygens (including phenoxy) is 2. The minimum absolute atomic E-state index is 0.0975. The minimum atomic E-state index is 0.0975. The first-order chi connectivity index (χ1) is 11.3. The molecular weight excluding hydrogens is 292 g/mol. The van der Waals surface area contributed by atoms with Crippen LogP contribution in [-0.4, -0.2) is 32.2 Å². The topological polar surface area (TPSA) is 59.6 Å². The molecule has 23 heavy (non-hydrogen) atoms. The van der Waals surface area contributed by atoms with E-state index in [0.29, 0.717) is 19.1 Å². The van der Waals surface area contributed by atoms with E-state index in [4.69, 9.17) is 9.47 Å². The second-order valence-corrected chi connectivity index (χ2v) is 6.77. The van der Waals surface area contributed by atoms with Gasteiger partial charge in [-0.15, -0.1) is 0 Å². The number of benzene rings is 1. The Kier molecular flexibility index (Phi) is 4.12. The standard InChI is InChI=1S/C18H24N2O3/c21-18(14-2-1-7-19-11-14)20-17(12-3-4-12)13-5-6-15-16(10-13)23-9-8-22-15/h5-6,10,12,14,17,19H,1-4,7-9,11H2,(H,20,21). The lowest BCUT2D eigenvalue weighted by Gasteiger charge is -2.27. The quantitative estimate of drug-likeness (QED) is 0.892. The average Bonchev–Trinajstić information content (AvgIpc) is 3.45. The molecule has 124 valence electrons. The SMILES string of the molecule is O=C(NC(c1ccc2c(c1)OCCO2)C1CC1)C1CCCNC1. The van der Waals surface area contributed by atoms with Crippen molar-refractivity contribution in [1.82, 2.24) is 10.6 Å². The van der Waals surface area contributed by atoms with Crippen LogP contribution in [-0.2, 0) is 4.79 Å². The van der Waals surface area contributed by atoms with Crippen LogP contribution < -0.4 is 20.1 Å². The Bertz CT molecular complexity index is 580. The largest absolute Gasteiger partial charge is 0.486 e. The second kappa shape index (κ2) is 6.40. The molecule has 2 heterocycles. The second-order valence-electron chi connectivity index (χ2n) is 6.77. The Morgan fingerprint density at radius 3 is 2.74 bits per heavy atom. The van der Waals surface area contributed by atoms with Crippen LogP contribution in [0.15, 0.2) is 18.2 Å². The number of hydrogen-bond acceptors (Lipinski definition) is 4. The van der Waals surface area contributed by atoms with Crippen LogP contribution in [0, 0.1) is 11.8 Å². The predicted octanol–water partition coefficient (Wildman–Crippen LogP) is 2.02. The highest BCUT2D eigenvalue weighted by atomic mass is 16.6. The van der Waals surface area contributed by atoms with Crippen LogP contribution in [0.2, 0.25) is 0 Å². The summed E-state index contributed by atoms with van der Waals surface area (Å²) in [6.07, 6.45) is 4.43. The number of nitrogens with one attached hydrogen (secondary N) is 2. The van der Waals surface area contributed by atoms with E-state index in [1.165, 1.54) is 12.8 Å². The van der Waals surface area contributed by atoms with Crippen molar-refractivity contribution in [3.05, 3.63) is 23.8 Å². The molecule has 0 bridgehead atoms. The van der Waals surface area contributed by atoms with Gasteiger partial charge in [-0.3, -0.25) is 4.79 Å². The zero-order valence-electron chi connectivity index (χ0n) is 13.3. The number of fused-ring (bicyclic) bond motifs is 1. The Hall–Kier alpha value is -1.75. The first-order valence-electron chi connectivity index (χ1n) is 8.72. The summed E-state index contributed by atoms with van der Waals surface area (Å²) in [7, 11) is 0. The summed E-state index contributed by atoms with van der Waals surface area (Å²) >= 11 is 0. The zero-order chi connectivity index (χ0) is 15.6. The van der Waals surface area contributed by atoms with Crippen LogP contribution in [0.3, 0.4) is 0 Å². The first kappa shape index (κ1) is 14.8. The van der Waals surface area contributed by atoms with Crippen molar-refractivity contribution in [1.29, 1.82) is 0 Å². The lowest BCUT2D eigenvalue weighted by atomic mass is 9.96. The van der Waals surface area contributed by atoms with E-state index in [2.05, 4.69) is 16.7 Å². The third kappa shape index (κ3) is 3.29. The highest BCUT2D eigenvalue weighted by Crippen LogP contribution is 2.43. The van der Waals surface area contributed by atoms with Gasteiger partial charge in [0.1, 0.15) is 13.2 Å². The summed E-state index contributed by atoms with van der Waals surface area (Å²) in [5.41, 5.74) is 1.13. The molecule has 1 aliphatic carbocycles. The fourth-order valence-electron chi connectivity index (χ4n) is 3.50. The van der Waals surface area contributed by atoms with Gasteiger partial charge < -0.3 is 20.1 Å². The number of hydrogen-bond donors (Lipinski definition) is 2. The highest BCUT2D eigenvalue weighted by Gasteiger charge is 2.35. The zero-order valence-corrected chi connectivity index (χ0v) is 13.3. The van der Waals surface area contributed by atoms with E-state index in [1.54, 1.807) is 0 Å². The fraction of sp³-hybridized carbons (Fsp3) is 0.611. The van der Waals surface area contributed by atoms with Gasteiger partial charge in [0.05, 0.1) is 12.0 Å². The van der Waals surface area contributed by atoms with Gasteiger partial charge in [-0.1, -0.05) is 6.07 Å². The van der Waals surface area contributed by atoms with Crippen molar-refractivity contribution >= 4 is 5.91 Å². The maximum atomic E-state index is 12.6. The first-order valence-corrected chi connectivity index (χ1v) is 8.72. The lowest BCUT2D eigenvalue weighted by Crippen LogP contribution is -2.42. The third-order valence-electron chi connectivity index (χ3n) is 4.98. The minimum Gasteiger partial charge on any atom is -0.486 e. The van der Waals surface area contributed by atoms with E-state index in [0.717, 1.165) is 43.0 Å². The molecule has 1 aromatic carbocycles. The Morgan fingerprint density at radius 2 is 2.00 bits per heavy atom. The van der Waals surface area contributed by atoms with Gasteiger partial charge in [0.15, 0.2) is 11.5 Å². The summed E-state index contributed by atoms with van der Waals surface area (Å²) < 4.78 is 11.3. The maximum Gasteiger partial charge on any atom is 0.224 e. The summed E-state index contributed by atoms with van der Waals surface area (Å²) in [4.78, 5) is 12.6. The number of amides is 1. The number of rotatable bonds is 4. The molecule has 1 saturated heterocycles. The molecule has 2 aliphatic heterocycles. The molecule has 4 rings (SSSR count). The lowest BCUT2D eigenvalue weighted by molar-refractivity contribution is -0.126. The highest BCUT2D eigenvalue weighted by molar-refractivity contribution is 5.79. The molecule has 1 aromatic rings. The Labute approximate surface area is 136 Å². The van der Waals surface area contributed by atoms with E-state index in [9.17, 15) is 4.79 Å². The number of carbonyl (C=O) groups is 1. The molecule has 2 atom stereocenters. The summed E-state index contributed by atoms with van der Waals surface area (Å²) in [5.74, 6) is 2.44. The van der Waals surface area contributed by atoms with E-state index >= 15 is 0 Å². The third-order valence-corrected chi connectivity index (χ3v) is 4.98. The normalized spacial score (nSPS) is 24.8. The molecule has 2 N–H and O–H groups in total. The van der Waals surface area contributed by atoms with Gasteiger partial charge >= 0.3 is 0 Å². The fourth-order valence-corrected chi connectivity index (χ4v) is 3.50. The van der Waals surface area contributed by atoms with Gasteiger partial charge in [0.25, 0.3) is 0 Å². The van der Waals surface area contributed by atoms with Crippen molar-refractivity contribution < 1.29 is 14.3 Å². The molecular formula is C18H24N2O3. The van der Waals surface area contributed by atoms with Gasteiger partial charge in [-0.05, 0) is 55.8 Å². The van der Waals surface area contributed by atoms with Crippen molar-refractivity contribution in [2.45, 2.75) is 31.7 Å². The van der Waals surface area contributed by atoms with Crippen molar-refractivity contribution in [3.8, 4) is 11.5 Å². The molecule has 1 amide bonds. The molecule has 2 unspecified atom stereocenters. The Morgan fingerprint density at radius 1 is 1.17 bits per heavy atom. The van der Waals surface area contributed by atoms with Gasteiger partial charge in [-0.2, -0.15) is 0 Å². The smallest absolute Gasteiger partial charge is 0.224 e. The summed E-state index contributed by atoms with van der Waals surface area (Å²) in [5, 5.41) is 6.61. The molecule has 0 radical (unpaired) electrons. The van der Waals surface area contributed by atoms with Crippen LogP contribution >= 0.6 is 0 Å². The van der Waals surface area contributed by atoms with Crippen LogP contribution in [0.25, 0.3) is 0 Å². The van der Waals surface area contributed by atoms with Crippen molar-refractivity contribution in [2.24, 2.45) is 11.8 Å². The molecule has 3 aliphatic rings. The van der Waals surface area contributed by atoms with E-state index in [-0.39, 0.29) is 17.9 Å². The average molecular weight is 316 g/mol. The Balaban J connectivity index is 1.50. The molecule has 5 nitrogen and oxygen atoms in total.